The standard InChI is InChI=1S/C17H31N3O2.C12H17NO.C2H5NO/c1-12-8-7-11-20(12)17(22)15(14-9-5-4-6-10-14)19-16(21)13(2)18-3;1-3-10-7-5-6-8-11(10)12(4-2)13-9-14;1-2(3)4/h12-15,18H,4-11H2,1-3H3,(H,19,21);5-9,12H,3-4H2,1-2H3,(H,13,14);1H3,(H2,3,4)/t12-,13?,15+;;/m1../s1. The predicted octanol–water partition coefficient (Wildman–Crippen LogP) is 3.61. The SMILES string of the molecule is CC(N)=O.CCc1ccccc1C(CC)NC=O.CNC(C)C(=O)N[C@H](C(=O)N1CCC[C@H]1C)C1CCCCC1. The summed E-state index contributed by atoms with van der Waals surface area (Å²) in [6.45, 7) is 10.3. The number of hydrogen-bond donors (Lipinski definition) is 4. The smallest absolute Gasteiger partial charge is 0.245 e. The van der Waals surface area contributed by atoms with Crippen molar-refractivity contribution in [1.29, 1.82) is 0 Å². The molecule has 1 aliphatic carbocycles. The molecule has 9 nitrogen and oxygen atoms in total. The highest BCUT2D eigenvalue weighted by Crippen LogP contribution is 2.29. The summed E-state index contributed by atoms with van der Waals surface area (Å²) in [7, 11) is 1.77. The number of rotatable bonds is 10. The molecule has 40 heavy (non-hydrogen) atoms. The van der Waals surface area contributed by atoms with Crippen molar-refractivity contribution in [3.8, 4) is 0 Å². The summed E-state index contributed by atoms with van der Waals surface area (Å²) in [5.74, 6) is 0.0221. The van der Waals surface area contributed by atoms with Crippen molar-refractivity contribution in [2.24, 2.45) is 11.7 Å². The summed E-state index contributed by atoms with van der Waals surface area (Å²) in [4.78, 5) is 46.9. The minimum atomic E-state index is -0.343. The van der Waals surface area contributed by atoms with Crippen molar-refractivity contribution in [2.75, 3.05) is 13.6 Å². The number of hydrogen-bond acceptors (Lipinski definition) is 5. The van der Waals surface area contributed by atoms with Gasteiger partial charge in [-0.3, -0.25) is 19.2 Å². The van der Waals surface area contributed by atoms with Crippen molar-refractivity contribution >= 4 is 24.1 Å². The Balaban J connectivity index is 0.000000380. The molecule has 1 saturated heterocycles. The second kappa shape index (κ2) is 19.2. The first-order valence-corrected chi connectivity index (χ1v) is 14.9. The lowest BCUT2D eigenvalue weighted by Crippen LogP contribution is -2.56. The first kappa shape index (κ1) is 35.1. The quantitative estimate of drug-likeness (QED) is 0.325. The third kappa shape index (κ3) is 11.7. The zero-order valence-corrected chi connectivity index (χ0v) is 25.5. The molecule has 3 rings (SSSR count). The maximum Gasteiger partial charge on any atom is 0.245 e. The summed E-state index contributed by atoms with van der Waals surface area (Å²) in [6, 6.07) is 8.10. The number of likely N-dealkylation sites (tertiary alicyclic amines) is 1. The fourth-order valence-electron chi connectivity index (χ4n) is 5.40. The van der Waals surface area contributed by atoms with Crippen molar-refractivity contribution < 1.29 is 19.2 Å². The Bertz CT molecular complexity index is 915. The maximum atomic E-state index is 13.0. The molecule has 0 radical (unpaired) electrons. The van der Waals surface area contributed by atoms with E-state index < -0.39 is 0 Å². The van der Waals surface area contributed by atoms with Crippen LogP contribution in [0.15, 0.2) is 24.3 Å². The Labute approximate surface area is 241 Å². The topological polar surface area (TPSA) is 134 Å². The minimum absolute atomic E-state index is 0.0710. The van der Waals surface area contributed by atoms with E-state index in [1.54, 1.807) is 7.05 Å². The van der Waals surface area contributed by atoms with Crippen LogP contribution in [0.4, 0.5) is 0 Å². The van der Waals surface area contributed by atoms with E-state index in [-0.39, 0.29) is 35.8 Å². The van der Waals surface area contributed by atoms with Crippen molar-refractivity contribution in [3.05, 3.63) is 35.4 Å². The summed E-state index contributed by atoms with van der Waals surface area (Å²) in [5.41, 5.74) is 7.03. The van der Waals surface area contributed by atoms with Crippen LogP contribution in [0.5, 0.6) is 0 Å². The van der Waals surface area contributed by atoms with E-state index in [0.29, 0.717) is 12.0 Å². The number of nitrogens with one attached hydrogen (secondary N) is 3. The Morgan fingerprint density at radius 2 is 1.70 bits per heavy atom. The van der Waals surface area contributed by atoms with Crippen LogP contribution in [-0.2, 0) is 25.6 Å². The highest BCUT2D eigenvalue weighted by atomic mass is 16.2. The average Bonchev–Trinajstić information content (AvgIpc) is 3.39. The molecule has 2 unspecified atom stereocenters. The Morgan fingerprint density at radius 3 is 2.20 bits per heavy atom. The molecule has 1 aromatic rings. The van der Waals surface area contributed by atoms with Crippen molar-refractivity contribution in [2.45, 2.75) is 117 Å². The van der Waals surface area contributed by atoms with E-state index in [0.717, 1.165) is 51.5 Å². The molecule has 2 aliphatic rings. The number of carbonyl (C=O) groups excluding carboxylic acids is 4. The third-order valence-electron chi connectivity index (χ3n) is 7.84. The van der Waals surface area contributed by atoms with Crippen LogP contribution in [0, 0.1) is 5.92 Å². The van der Waals surface area contributed by atoms with Gasteiger partial charge in [0.15, 0.2) is 0 Å². The van der Waals surface area contributed by atoms with Crippen molar-refractivity contribution in [1.82, 2.24) is 20.9 Å². The minimum Gasteiger partial charge on any atom is -0.370 e. The first-order valence-electron chi connectivity index (χ1n) is 14.9. The van der Waals surface area contributed by atoms with Gasteiger partial charge in [0.1, 0.15) is 6.04 Å². The molecule has 4 atom stereocenters. The van der Waals surface area contributed by atoms with E-state index in [4.69, 9.17) is 0 Å². The van der Waals surface area contributed by atoms with Crippen LogP contribution < -0.4 is 21.7 Å². The molecule has 1 aliphatic heterocycles. The monoisotopic (exact) mass is 559 g/mol. The molecule has 0 bridgehead atoms. The van der Waals surface area contributed by atoms with Gasteiger partial charge in [-0.05, 0) is 76.5 Å². The lowest BCUT2D eigenvalue weighted by Gasteiger charge is -2.34. The van der Waals surface area contributed by atoms with Gasteiger partial charge in [-0.25, -0.2) is 0 Å². The van der Waals surface area contributed by atoms with Gasteiger partial charge in [0.2, 0.25) is 24.1 Å². The largest absolute Gasteiger partial charge is 0.370 e. The average molecular weight is 560 g/mol. The van der Waals surface area contributed by atoms with Crippen LogP contribution in [0.2, 0.25) is 0 Å². The molecule has 1 heterocycles. The van der Waals surface area contributed by atoms with Crippen LogP contribution in [0.3, 0.4) is 0 Å². The van der Waals surface area contributed by atoms with Gasteiger partial charge in [0.05, 0.1) is 12.1 Å². The van der Waals surface area contributed by atoms with Crippen LogP contribution in [-0.4, -0.2) is 60.7 Å². The number of nitrogens with zero attached hydrogens (tertiary/aromatic N) is 1. The van der Waals surface area contributed by atoms with Crippen molar-refractivity contribution in [3.63, 3.8) is 0 Å². The molecule has 0 aromatic heterocycles. The number of carbonyl (C=O) groups is 4. The predicted molar refractivity (Wildman–Crippen MR) is 160 cm³/mol. The molecule has 4 amide bonds. The lowest BCUT2D eigenvalue weighted by molar-refractivity contribution is -0.139. The molecule has 2 fully saturated rings. The molecular formula is C31H53N5O4. The summed E-state index contributed by atoms with van der Waals surface area (Å²) in [5, 5.41) is 8.84. The zero-order valence-electron chi connectivity index (χ0n) is 25.5. The maximum absolute atomic E-state index is 13.0. The normalized spacial score (nSPS) is 19.1. The number of aryl methyl sites for hydroxylation is 1. The van der Waals surface area contributed by atoms with E-state index in [1.165, 1.54) is 37.3 Å². The number of amides is 4. The van der Waals surface area contributed by atoms with Crippen LogP contribution in [0.1, 0.15) is 103 Å². The van der Waals surface area contributed by atoms with Gasteiger partial charge >= 0.3 is 0 Å². The number of primary amides is 1. The Morgan fingerprint density at radius 1 is 1.07 bits per heavy atom. The summed E-state index contributed by atoms with van der Waals surface area (Å²) >= 11 is 0. The van der Waals surface area contributed by atoms with Gasteiger partial charge in [-0.1, -0.05) is 57.4 Å². The van der Waals surface area contributed by atoms with Gasteiger partial charge < -0.3 is 26.6 Å². The fourth-order valence-corrected chi connectivity index (χ4v) is 5.40. The number of nitrogens with two attached hydrogens (primary N) is 1. The van der Waals surface area contributed by atoms with E-state index >= 15 is 0 Å². The molecule has 1 saturated carbocycles. The van der Waals surface area contributed by atoms with Gasteiger partial charge in [-0.2, -0.15) is 0 Å². The molecule has 9 heteroatoms. The molecule has 226 valence electrons. The lowest BCUT2D eigenvalue weighted by atomic mass is 9.83. The third-order valence-corrected chi connectivity index (χ3v) is 7.84. The number of likely N-dealkylation sites (N-methyl/N-ethyl adjacent to an activating group) is 1. The van der Waals surface area contributed by atoms with Gasteiger partial charge in [0, 0.05) is 19.5 Å². The van der Waals surface area contributed by atoms with E-state index in [2.05, 4.69) is 54.6 Å². The van der Waals surface area contributed by atoms with E-state index in [9.17, 15) is 19.2 Å². The highest BCUT2D eigenvalue weighted by molar-refractivity contribution is 5.90. The van der Waals surface area contributed by atoms with Gasteiger partial charge in [-0.15, -0.1) is 0 Å². The molecule has 0 spiro atoms. The zero-order chi connectivity index (χ0) is 30.1. The first-order chi connectivity index (χ1) is 19.1. The highest BCUT2D eigenvalue weighted by Gasteiger charge is 2.37. The molecular weight excluding hydrogens is 506 g/mol. The van der Waals surface area contributed by atoms with E-state index in [1.807, 2.05) is 24.0 Å². The second-order valence-corrected chi connectivity index (χ2v) is 10.8. The summed E-state index contributed by atoms with van der Waals surface area (Å²) < 4.78 is 0. The second-order valence-electron chi connectivity index (χ2n) is 10.8. The van der Waals surface area contributed by atoms with Crippen LogP contribution in [0.25, 0.3) is 0 Å². The number of benzene rings is 1. The summed E-state index contributed by atoms with van der Waals surface area (Å²) in [6.07, 6.45) is 10.5. The Hall–Kier alpha value is -2.94. The molecule has 1 aromatic carbocycles. The fraction of sp³-hybridized carbons (Fsp3) is 0.677. The molecule has 5 N–H and O–H groups in total. The van der Waals surface area contributed by atoms with Crippen LogP contribution >= 0.6 is 0 Å². The Kier molecular flexibility index (Phi) is 16.8. The van der Waals surface area contributed by atoms with Gasteiger partial charge in [0.25, 0.3) is 0 Å².